The van der Waals surface area contributed by atoms with Gasteiger partial charge in [0.2, 0.25) is 0 Å². The van der Waals surface area contributed by atoms with Crippen LogP contribution < -0.4 is 0 Å². The number of aryl methyl sites for hydroxylation is 12. The fourth-order valence-electron chi connectivity index (χ4n) is 5.92. The summed E-state index contributed by atoms with van der Waals surface area (Å²) < 4.78 is 14.5. The number of nitrogens with zero attached hydrogens (tertiary/aromatic N) is 2. The van der Waals surface area contributed by atoms with E-state index in [2.05, 4.69) is 157 Å². The number of furan rings is 2. The van der Waals surface area contributed by atoms with Crippen molar-refractivity contribution in [3.05, 3.63) is 135 Å². The van der Waals surface area contributed by atoms with Crippen molar-refractivity contribution in [2.24, 2.45) is 25.9 Å². The molecule has 2 atom stereocenters. The van der Waals surface area contributed by atoms with Crippen molar-refractivity contribution in [2.45, 2.75) is 165 Å². The van der Waals surface area contributed by atoms with Crippen molar-refractivity contribution >= 4 is 22.7 Å². The third-order valence-corrected chi connectivity index (χ3v) is 14.8. The van der Waals surface area contributed by atoms with Crippen molar-refractivity contribution in [1.29, 1.82) is 0 Å². The topological polar surface area (TPSA) is 36.1 Å². The maximum atomic E-state index is 5.09. The Labute approximate surface area is 365 Å². The van der Waals surface area contributed by atoms with Crippen molar-refractivity contribution in [3.63, 3.8) is 0 Å². The first-order valence-corrected chi connectivity index (χ1v) is 22.4. The molecule has 0 amide bonds. The van der Waals surface area contributed by atoms with Crippen LogP contribution in [0.4, 0.5) is 0 Å². The van der Waals surface area contributed by atoms with Crippen LogP contribution in [0.15, 0.2) is 44.5 Å². The maximum Gasteiger partial charge on any atom is 0.103 e. The summed E-state index contributed by atoms with van der Waals surface area (Å²) in [6.07, 6.45) is 12.3. The summed E-state index contributed by atoms with van der Waals surface area (Å²) in [6, 6.07) is 0. The van der Waals surface area contributed by atoms with Gasteiger partial charge in [-0.1, -0.05) is 40.5 Å². The zero-order valence-electron chi connectivity index (χ0n) is 40.3. The van der Waals surface area contributed by atoms with Crippen molar-refractivity contribution in [2.75, 3.05) is 0 Å². The Morgan fingerprint density at radius 2 is 0.759 bits per heavy atom. The second kappa shape index (κ2) is 25.9. The molecule has 4 nitrogen and oxygen atoms in total. The number of aromatic nitrogens is 2. The fraction of sp³-hybridized carbons (Fsp3) is 0.538. The Hall–Kier alpha value is -3.48. The monoisotopic (exact) mass is 833 g/mol. The van der Waals surface area contributed by atoms with E-state index < -0.39 is 0 Å². The lowest BCUT2D eigenvalue weighted by Gasteiger charge is -2.05. The van der Waals surface area contributed by atoms with Crippen LogP contribution >= 0.6 is 22.7 Å². The molecule has 6 heteroatoms. The molecular weight excluding hydrogens is 749 g/mol. The SMILES string of the molecule is C.CC1CCCC1C.Cc1cn(C)c(C)c1C.Cc1cn(C)c(C)c1C.Cc1coc(C)c1C.Cc1coc(C)c1C.Cc1csc(C)c1C.Cc1csc(C)c1C. The summed E-state index contributed by atoms with van der Waals surface area (Å²) in [5.41, 5.74) is 19.1. The third kappa shape index (κ3) is 17.0. The van der Waals surface area contributed by atoms with Crippen LogP contribution in [0.1, 0.15) is 140 Å². The minimum Gasteiger partial charge on any atom is -0.469 e. The first kappa shape index (κ1) is 54.5. The lowest BCUT2D eigenvalue weighted by Crippen LogP contribution is -1.95. The van der Waals surface area contributed by atoms with Gasteiger partial charge in [-0.25, -0.2) is 0 Å². The molecule has 1 saturated carbocycles. The molecule has 6 aromatic heterocycles. The summed E-state index contributed by atoms with van der Waals surface area (Å²) in [5, 5.41) is 4.40. The van der Waals surface area contributed by atoms with Gasteiger partial charge in [0.1, 0.15) is 11.5 Å². The molecule has 1 fully saturated rings. The second-order valence-corrected chi connectivity index (χ2v) is 18.7. The Balaban J connectivity index is 0.000000652. The predicted molar refractivity (Wildman–Crippen MR) is 261 cm³/mol. The van der Waals surface area contributed by atoms with E-state index in [4.69, 9.17) is 8.83 Å². The van der Waals surface area contributed by atoms with Gasteiger partial charge in [-0.05, 0) is 214 Å². The number of thiophene rings is 2. The van der Waals surface area contributed by atoms with Crippen molar-refractivity contribution < 1.29 is 8.83 Å². The molecule has 0 N–H and O–H groups in total. The van der Waals surface area contributed by atoms with Crippen LogP contribution in [0, 0.1) is 136 Å². The fourth-order valence-corrected chi connectivity index (χ4v) is 7.66. The largest absolute Gasteiger partial charge is 0.469 e. The van der Waals surface area contributed by atoms with Gasteiger partial charge in [-0.15, -0.1) is 22.7 Å². The lowest BCUT2D eigenvalue weighted by molar-refractivity contribution is 0.457. The van der Waals surface area contributed by atoms with E-state index in [1.54, 1.807) is 12.5 Å². The van der Waals surface area contributed by atoms with E-state index in [1.807, 2.05) is 50.4 Å². The summed E-state index contributed by atoms with van der Waals surface area (Å²) in [7, 11) is 4.16. The van der Waals surface area contributed by atoms with Crippen LogP contribution in [-0.4, -0.2) is 9.13 Å². The minimum absolute atomic E-state index is 0. The van der Waals surface area contributed by atoms with E-state index in [0.29, 0.717) is 0 Å². The van der Waals surface area contributed by atoms with E-state index in [9.17, 15) is 0 Å². The van der Waals surface area contributed by atoms with Gasteiger partial charge < -0.3 is 18.0 Å². The summed E-state index contributed by atoms with van der Waals surface area (Å²) >= 11 is 3.66. The summed E-state index contributed by atoms with van der Waals surface area (Å²) in [6.45, 7) is 42.7. The molecule has 0 saturated heterocycles. The molecule has 326 valence electrons. The molecule has 6 heterocycles. The normalized spacial score (nSPS) is 13.7. The zero-order valence-corrected chi connectivity index (χ0v) is 41.9. The summed E-state index contributed by atoms with van der Waals surface area (Å²) in [4.78, 5) is 2.89. The third-order valence-electron chi connectivity index (χ3n) is 12.5. The number of hydrogen-bond donors (Lipinski definition) is 0. The Kier molecular flexibility index (Phi) is 24.3. The van der Waals surface area contributed by atoms with Crippen LogP contribution in [0.2, 0.25) is 0 Å². The Morgan fingerprint density at radius 1 is 0.448 bits per heavy atom. The minimum atomic E-state index is 0. The van der Waals surface area contributed by atoms with Crippen LogP contribution in [0.25, 0.3) is 0 Å². The van der Waals surface area contributed by atoms with Gasteiger partial charge in [0.05, 0.1) is 12.5 Å². The Bertz CT molecular complexity index is 1710. The molecule has 1 aliphatic rings. The summed E-state index contributed by atoms with van der Waals surface area (Å²) in [5.74, 6) is 4.09. The first-order chi connectivity index (χ1) is 26.4. The molecule has 7 rings (SSSR count). The molecule has 0 bridgehead atoms. The molecule has 6 aromatic rings. The average Bonchev–Trinajstić information content (AvgIpc) is 4.02. The number of rotatable bonds is 0. The quantitative estimate of drug-likeness (QED) is 0.153. The highest BCUT2D eigenvalue weighted by Crippen LogP contribution is 2.30. The standard InChI is InChI=1S/2C8H13N.2C7H10O.2C7H10S.C7H14.CH4/c2*1-6-5-9(4)8(3)7(6)2;4*1-5-4-8-7(3)6(5)2;1-6-4-3-5-7(6)2;/h2*5H,1-4H3;4*4H,1-3H3;6-7H,3-5H2,1-2H3;1H4. The van der Waals surface area contributed by atoms with E-state index in [1.165, 1.54) is 107 Å². The molecule has 0 aromatic carbocycles. The molecular formula is C52H84N2O2S2. The molecule has 0 radical (unpaired) electrons. The van der Waals surface area contributed by atoms with E-state index in [0.717, 1.165) is 23.4 Å². The molecule has 2 unspecified atom stereocenters. The van der Waals surface area contributed by atoms with Gasteiger partial charge in [0, 0.05) is 47.6 Å². The molecule has 0 spiro atoms. The second-order valence-electron chi connectivity index (χ2n) is 16.6. The van der Waals surface area contributed by atoms with Gasteiger partial charge in [0.15, 0.2) is 0 Å². The van der Waals surface area contributed by atoms with Crippen molar-refractivity contribution in [3.8, 4) is 0 Å². The molecule has 58 heavy (non-hydrogen) atoms. The smallest absolute Gasteiger partial charge is 0.103 e. The van der Waals surface area contributed by atoms with E-state index >= 15 is 0 Å². The number of hydrogen-bond acceptors (Lipinski definition) is 4. The highest BCUT2D eigenvalue weighted by molar-refractivity contribution is 7.10. The highest BCUT2D eigenvalue weighted by Gasteiger charge is 2.17. The maximum absolute atomic E-state index is 5.09. The van der Waals surface area contributed by atoms with Gasteiger partial charge >= 0.3 is 0 Å². The van der Waals surface area contributed by atoms with Crippen LogP contribution in [0.5, 0.6) is 0 Å². The van der Waals surface area contributed by atoms with E-state index in [-0.39, 0.29) is 7.43 Å². The molecule has 0 aliphatic heterocycles. The average molecular weight is 833 g/mol. The van der Waals surface area contributed by atoms with Crippen LogP contribution in [-0.2, 0) is 14.1 Å². The first-order valence-electron chi connectivity index (χ1n) is 20.7. The van der Waals surface area contributed by atoms with Gasteiger partial charge in [-0.3, -0.25) is 0 Å². The highest BCUT2D eigenvalue weighted by atomic mass is 32.1. The van der Waals surface area contributed by atoms with Crippen LogP contribution in [0.3, 0.4) is 0 Å². The zero-order chi connectivity index (χ0) is 43.9. The lowest BCUT2D eigenvalue weighted by atomic mass is 10.0. The Morgan fingerprint density at radius 3 is 0.828 bits per heavy atom. The predicted octanol–water partition coefficient (Wildman–Crippen LogP) is 16.7. The van der Waals surface area contributed by atoms with Gasteiger partial charge in [0.25, 0.3) is 0 Å². The van der Waals surface area contributed by atoms with Crippen molar-refractivity contribution in [1.82, 2.24) is 9.13 Å². The van der Waals surface area contributed by atoms with Gasteiger partial charge in [-0.2, -0.15) is 0 Å². The molecule has 1 aliphatic carbocycles.